The Balaban J connectivity index is 0.000000480. The van der Waals surface area contributed by atoms with Crippen molar-refractivity contribution in [3.63, 3.8) is 0 Å². The second-order valence-electron chi connectivity index (χ2n) is 5.22. The summed E-state index contributed by atoms with van der Waals surface area (Å²) in [6.45, 7) is 6.29. The maximum absolute atomic E-state index is 9.19. The van der Waals surface area contributed by atoms with Crippen molar-refractivity contribution in [3.05, 3.63) is 30.3 Å². The smallest absolute Gasteiger partial charge is 0.261 e. The minimum absolute atomic E-state index is 0.715. The first-order chi connectivity index (χ1) is 11.4. The van der Waals surface area contributed by atoms with Crippen LogP contribution < -0.4 is 10.1 Å². The van der Waals surface area contributed by atoms with Gasteiger partial charge >= 0.3 is 0 Å². The Labute approximate surface area is 149 Å². The van der Waals surface area contributed by atoms with Gasteiger partial charge in [-0.2, -0.15) is 16.8 Å². The second-order valence-corrected chi connectivity index (χ2v) is 8.15. The Hall–Kier alpha value is -1.24. The van der Waals surface area contributed by atoms with E-state index >= 15 is 0 Å². The summed E-state index contributed by atoms with van der Waals surface area (Å²) in [4.78, 5) is 2.43. The summed E-state index contributed by atoms with van der Waals surface area (Å²) in [6.07, 6.45) is 1.43. The number of rotatable bonds is 4. The molecule has 25 heavy (non-hydrogen) atoms. The summed E-state index contributed by atoms with van der Waals surface area (Å²) in [6, 6.07) is 10.00. The highest BCUT2D eigenvalue weighted by molar-refractivity contribution is 7.85. The molecule has 0 amide bonds. The summed E-state index contributed by atoms with van der Waals surface area (Å²) in [7, 11) is -7.33. The van der Waals surface area contributed by atoms with Crippen molar-refractivity contribution in [1.82, 2.24) is 10.2 Å². The molecule has 11 heteroatoms. The van der Waals surface area contributed by atoms with E-state index in [0.717, 1.165) is 45.1 Å². The predicted molar refractivity (Wildman–Crippen MR) is 96.2 cm³/mol. The van der Waals surface area contributed by atoms with E-state index in [1.807, 2.05) is 30.3 Å². The summed E-state index contributed by atoms with van der Waals surface area (Å²) < 4.78 is 57.4. The van der Waals surface area contributed by atoms with Gasteiger partial charge in [-0.05, 0) is 12.1 Å². The molecule has 146 valence electrons. The van der Waals surface area contributed by atoms with Gasteiger partial charge in [0.1, 0.15) is 12.4 Å². The molecule has 9 nitrogen and oxygen atoms in total. The highest BCUT2D eigenvalue weighted by atomic mass is 32.2. The highest BCUT2D eigenvalue weighted by Crippen LogP contribution is 2.07. The van der Waals surface area contributed by atoms with Crippen LogP contribution in [-0.2, 0) is 20.2 Å². The van der Waals surface area contributed by atoms with Gasteiger partial charge in [-0.3, -0.25) is 14.0 Å². The average molecular weight is 399 g/mol. The normalized spacial score (nSPS) is 15.2. The topological polar surface area (TPSA) is 133 Å². The Morgan fingerprint density at radius 2 is 1.44 bits per heavy atom. The first-order valence-electron chi connectivity index (χ1n) is 7.41. The zero-order valence-electron chi connectivity index (χ0n) is 14.3. The van der Waals surface area contributed by atoms with Crippen molar-refractivity contribution >= 4 is 20.2 Å². The van der Waals surface area contributed by atoms with Crippen LogP contribution in [0.15, 0.2) is 30.3 Å². The van der Waals surface area contributed by atoms with E-state index in [1.54, 1.807) is 0 Å². The van der Waals surface area contributed by atoms with Crippen molar-refractivity contribution in [2.24, 2.45) is 0 Å². The maximum Gasteiger partial charge on any atom is 0.261 e. The quantitative estimate of drug-likeness (QED) is 0.598. The van der Waals surface area contributed by atoms with Crippen LogP contribution in [0.4, 0.5) is 0 Å². The minimum Gasteiger partial charge on any atom is -0.492 e. The lowest BCUT2D eigenvalue weighted by Crippen LogP contribution is -2.44. The lowest BCUT2D eigenvalue weighted by molar-refractivity contribution is 0.191. The summed E-state index contributed by atoms with van der Waals surface area (Å²) >= 11 is 0. The Morgan fingerprint density at radius 3 is 1.88 bits per heavy atom. The second kappa shape index (κ2) is 12.2. The summed E-state index contributed by atoms with van der Waals surface area (Å²) in [5.41, 5.74) is 0. The largest absolute Gasteiger partial charge is 0.492 e. The van der Waals surface area contributed by atoms with Crippen LogP contribution in [0.25, 0.3) is 0 Å². The molecule has 1 aromatic carbocycles. The van der Waals surface area contributed by atoms with Crippen LogP contribution >= 0.6 is 0 Å². The van der Waals surface area contributed by atoms with Crippen LogP contribution in [0.2, 0.25) is 0 Å². The predicted octanol–water partition coefficient (Wildman–Crippen LogP) is -0.0214. The van der Waals surface area contributed by atoms with Crippen LogP contribution in [0, 0.1) is 0 Å². The fourth-order valence-electron chi connectivity index (χ4n) is 1.74. The third-order valence-corrected chi connectivity index (χ3v) is 2.63. The van der Waals surface area contributed by atoms with E-state index in [2.05, 4.69) is 10.2 Å². The van der Waals surface area contributed by atoms with Gasteiger partial charge in [0, 0.05) is 32.7 Å². The monoisotopic (exact) mass is 398 g/mol. The molecule has 2 rings (SSSR count). The van der Waals surface area contributed by atoms with Crippen molar-refractivity contribution in [3.8, 4) is 5.75 Å². The van der Waals surface area contributed by atoms with Crippen LogP contribution in [0.3, 0.4) is 0 Å². The number of piperazine rings is 1. The third kappa shape index (κ3) is 22.8. The van der Waals surface area contributed by atoms with E-state index in [0.29, 0.717) is 12.5 Å². The van der Waals surface area contributed by atoms with E-state index in [1.165, 1.54) is 0 Å². The average Bonchev–Trinajstić information content (AvgIpc) is 2.46. The van der Waals surface area contributed by atoms with Gasteiger partial charge < -0.3 is 10.1 Å². The molecule has 1 aliphatic heterocycles. The molecule has 1 aromatic rings. The molecule has 0 spiro atoms. The number of ether oxygens (including phenoxy) is 1. The van der Waals surface area contributed by atoms with Crippen LogP contribution in [0.1, 0.15) is 0 Å². The number of para-hydroxylation sites is 1. The number of hydrogen-bond donors (Lipinski definition) is 3. The first kappa shape index (κ1) is 23.8. The van der Waals surface area contributed by atoms with Crippen molar-refractivity contribution in [1.29, 1.82) is 0 Å². The zero-order valence-corrected chi connectivity index (χ0v) is 16.0. The fraction of sp³-hybridized carbons (Fsp3) is 0.571. The number of nitrogens with zero attached hydrogens (tertiary/aromatic N) is 1. The molecule has 1 aliphatic rings. The first-order valence-corrected chi connectivity index (χ1v) is 11.1. The maximum atomic E-state index is 9.19. The van der Waals surface area contributed by atoms with Crippen LogP contribution in [0.5, 0.6) is 5.75 Å². The summed E-state index contributed by atoms with van der Waals surface area (Å²) in [5, 5.41) is 3.34. The lowest BCUT2D eigenvalue weighted by atomic mass is 10.3. The van der Waals surface area contributed by atoms with Crippen molar-refractivity contribution in [2.75, 3.05) is 51.8 Å². The molecule has 0 atom stereocenters. The molecule has 0 aliphatic carbocycles. The standard InChI is InChI=1S/C12H18N2O.2CH4O3S/c1-2-4-12(5-3-1)15-11-10-14-8-6-13-7-9-14;2*1-5(2,3)4/h1-5,13H,6-11H2;2*1H3,(H,2,3,4). The Kier molecular flexibility index (Phi) is 11.6. The molecule has 1 saturated heterocycles. The molecular weight excluding hydrogens is 372 g/mol. The lowest BCUT2D eigenvalue weighted by Gasteiger charge is -2.26. The van der Waals surface area contributed by atoms with E-state index in [-0.39, 0.29) is 0 Å². The molecule has 1 heterocycles. The summed E-state index contributed by atoms with van der Waals surface area (Å²) in [5.74, 6) is 0.965. The minimum atomic E-state index is -3.67. The zero-order chi connectivity index (χ0) is 19.3. The molecule has 0 radical (unpaired) electrons. The Bertz CT molecular complexity index is 612. The molecule has 1 fully saturated rings. The van der Waals surface area contributed by atoms with E-state index < -0.39 is 20.2 Å². The fourth-order valence-corrected chi connectivity index (χ4v) is 1.74. The number of nitrogens with one attached hydrogen (secondary N) is 1. The van der Waals surface area contributed by atoms with E-state index in [9.17, 15) is 16.8 Å². The SMILES string of the molecule is CS(=O)(=O)O.CS(=O)(=O)O.c1ccc(OCCN2CCNCC2)cc1. The third-order valence-electron chi connectivity index (χ3n) is 2.63. The van der Waals surface area contributed by atoms with Gasteiger partial charge in [-0.1, -0.05) is 18.2 Å². The van der Waals surface area contributed by atoms with Gasteiger partial charge in [0.15, 0.2) is 0 Å². The van der Waals surface area contributed by atoms with Gasteiger partial charge in [-0.25, -0.2) is 0 Å². The van der Waals surface area contributed by atoms with Gasteiger partial charge in [-0.15, -0.1) is 0 Å². The Morgan fingerprint density at radius 1 is 1.00 bits per heavy atom. The molecule has 0 bridgehead atoms. The van der Waals surface area contributed by atoms with Gasteiger partial charge in [0.2, 0.25) is 0 Å². The molecule has 0 aromatic heterocycles. The molecule has 0 unspecified atom stereocenters. The number of hydrogen-bond acceptors (Lipinski definition) is 7. The molecule has 0 saturated carbocycles. The highest BCUT2D eigenvalue weighted by Gasteiger charge is 2.08. The molecule has 3 N–H and O–H groups in total. The van der Waals surface area contributed by atoms with Gasteiger partial charge in [0.05, 0.1) is 12.5 Å². The van der Waals surface area contributed by atoms with Crippen LogP contribution in [-0.4, -0.2) is 82.7 Å². The van der Waals surface area contributed by atoms with Crippen molar-refractivity contribution in [2.45, 2.75) is 0 Å². The molecular formula is C14H26N2O7S2. The van der Waals surface area contributed by atoms with Gasteiger partial charge in [0.25, 0.3) is 20.2 Å². The number of benzene rings is 1. The van der Waals surface area contributed by atoms with E-state index in [4.69, 9.17) is 13.8 Å². The van der Waals surface area contributed by atoms with Crippen molar-refractivity contribution < 1.29 is 30.7 Å².